The molecule has 2 bridgehead atoms. The van der Waals surface area contributed by atoms with Crippen LogP contribution in [0.5, 0.6) is 5.75 Å². The zero-order valence-corrected chi connectivity index (χ0v) is 20.1. The number of carbonyl (C=O) groups is 1. The van der Waals surface area contributed by atoms with Gasteiger partial charge in [0.25, 0.3) is 5.91 Å². The van der Waals surface area contributed by atoms with Crippen molar-refractivity contribution in [3.8, 4) is 5.75 Å². The van der Waals surface area contributed by atoms with Crippen LogP contribution in [-0.2, 0) is 11.8 Å². The largest absolute Gasteiger partial charge is 0.508 e. The van der Waals surface area contributed by atoms with E-state index in [4.69, 9.17) is 0 Å². The van der Waals surface area contributed by atoms with Crippen molar-refractivity contribution in [1.82, 2.24) is 14.8 Å². The molecular formula is C29H35N3O2. The maximum atomic E-state index is 13.5. The van der Waals surface area contributed by atoms with Gasteiger partial charge < -0.3 is 10.0 Å². The average Bonchev–Trinajstić information content (AvgIpc) is 3.64. The molecule has 4 aliphatic carbocycles. The Hall–Kier alpha value is -2.40. The number of hydrogen-bond donors (Lipinski definition) is 1. The molecule has 1 amide bonds. The van der Waals surface area contributed by atoms with E-state index in [2.05, 4.69) is 22.0 Å². The third-order valence-corrected chi connectivity index (χ3v) is 10.4. The van der Waals surface area contributed by atoms with Gasteiger partial charge in [0.2, 0.25) is 0 Å². The smallest absolute Gasteiger partial charge is 0.255 e. The minimum Gasteiger partial charge on any atom is -0.508 e. The number of phenols is 1. The predicted octanol–water partition coefficient (Wildman–Crippen LogP) is 4.40. The normalized spacial score (nSPS) is 36.0. The number of likely N-dealkylation sites (tertiary alicyclic amines) is 1. The van der Waals surface area contributed by atoms with E-state index in [0.717, 1.165) is 31.7 Å². The van der Waals surface area contributed by atoms with Gasteiger partial charge >= 0.3 is 0 Å². The minimum atomic E-state index is 0.0524. The molecule has 4 unspecified atom stereocenters. The quantitative estimate of drug-likeness (QED) is 0.740. The predicted molar refractivity (Wildman–Crippen MR) is 131 cm³/mol. The summed E-state index contributed by atoms with van der Waals surface area (Å²) in [6.07, 6.45) is 13.2. The number of pyridine rings is 1. The van der Waals surface area contributed by atoms with Crippen molar-refractivity contribution >= 4 is 5.91 Å². The molecule has 3 saturated carbocycles. The molecule has 178 valence electrons. The summed E-state index contributed by atoms with van der Waals surface area (Å²) in [6, 6.07) is 10.7. The highest BCUT2D eigenvalue weighted by Crippen LogP contribution is 2.70. The van der Waals surface area contributed by atoms with Crippen LogP contribution in [0.25, 0.3) is 0 Å². The van der Waals surface area contributed by atoms with Crippen LogP contribution < -0.4 is 0 Å². The van der Waals surface area contributed by atoms with E-state index in [1.165, 1.54) is 49.8 Å². The Labute approximate surface area is 202 Å². The lowest BCUT2D eigenvalue weighted by Gasteiger charge is -2.67. The molecule has 5 aliphatic rings. The van der Waals surface area contributed by atoms with Gasteiger partial charge in [-0.3, -0.25) is 14.7 Å². The molecule has 7 rings (SSSR count). The van der Waals surface area contributed by atoms with Gasteiger partial charge in [-0.15, -0.1) is 0 Å². The van der Waals surface area contributed by atoms with Gasteiger partial charge in [0.1, 0.15) is 5.75 Å². The van der Waals surface area contributed by atoms with Gasteiger partial charge in [0, 0.05) is 48.9 Å². The molecule has 1 N–H and O–H groups in total. The number of nitrogens with zero attached hydrogens (tertiary/aromatic N) is 3. The molecule has 1 spiro atoms. The average molecular weight is 458 g/mol. The Balaban J connectivity index is 1.30. The van der Waals surface area contributed by atoms with Gasteiger partial charge in [-0.25, -0.2) is 0 Å². The zero-order chi connectivity index (χ0) is 23.1. The molecule has 5 heteroatoms. The van der Waals surface area contributed by atoms with E-state index in [-0.39, 0.29) is 22.8 Å². The minimum absolute atomic E-state index is 0.0524. The van der Waals surface area contributed by atoms with Crippen molar-refractivity contribution in [3.63, 3.8) is 0 Å². The first-order chi connectivity index (χ1) is 16.5. The zero-order valence-electron chi connectivity index (χ0n) is 20.1. The third-order valence-electron chi connectivity index (χ3n) is 10.4. The molecule has 0 radical (unpaired) electrons. The van der Waals surface area contributed by atoms with Gasteiger partial charge in [-0.2, -0.15) is 0 Å². The van der Waals surface area contributed by atoms with E-state index in [1.807, 2.05) is 30.1 Å². The van der Waals surface area contributed by atoms with Crippen LogP contribution in [0.2, 0.25) is 0 Å². The third kappa shape index (κ3) is 2.82. The summed E-state index contributed by atoms with van der Waals surface area (Å²) in [6.45, 7) is 2.42. The summed E-state index contributed by atoms with van der Waals surface area (Å²) in [5.41, 5.74) is 3.80. The molecule has 4 fully saturated rings. The summed E-state index contributed by atoms with van der Waals surface area (Å²) in [5.74, 6) is 1.92. The summed E-state index contributed by atoms with van der Waals surface area (Å²) >= 11 is 0. The molecular weight excluding hydrogens is 422 g/mol. The number of hydrogen-bond acceptors (Lipinski definition) is 4. The maximum absolute atomic E-state index is 13.5. The van der Waals surface area contributed by atoms with Crippen LogP contribution in [0.4, 0.5) is 0 Å². The van der Waals surface area contributed by atoms with Crippen molar-refractivity contribution in [2.75, 3.05) is 20.1 Å². The molecule has 1 saturated heterocycles. The standard InChI is InChI=1S/C29H35N3O2/c1-31(27(34)22-3-2-11-30-17-22)25-16-28-10-12-32(18-19-4-5-19)26-9-7-21(25)15-29(26,28)14-20-6-8-23(33)13-24(20)28/h2-3,6,8,11,13,17,19,21,25-26,33H,4-5,7,9-10,12,14-16,18H2,1H3/t21?,25-,26?,28?,29?/m0/s1. The fraction of sp³-hybridized carbons (Fsp3) is 0.586. The second kappa shape index (κ2) is 7.30. The number of aromatic hydroxyl groups is 1. The fourth-order valence-corrected chi connectivity index (χ4v) is 8.82. The van der Waals surface area contributed by atoms with Gasteiger partial charge in [-0.05, 0) is 105 Å². The Morgan fingerprint density at radius 3 is 2.88 bits per heavy atom. The van der Waals surface area contributed by atoms with E-state index >= 15 is 0 Å². The van der Waals surface area contributed by atoms with Crippen molar-refractivity contribution in [2.24, 2.45) is 17.3 Å². The Bertz CT molecular complexity index is 1130. The topological polar surface area (TPSA) is 56.7 Å². The van der Waals surface area contributed by atoms with E-state index in [0.29, 0.717) is 23.3 Å². The number of amides is 1. The highest BCUT2D eigenvalue weighted by atomic mass is 16.3. The number of carbonyl (C=O) groups excluding carboxylic acids is 1. The summed E-state index contributed by atoms with van der Waals surface area (Å²) in [7, 11) is 2.01. The van der Waals surface area contributed by atoms with Crippen LogP contribution in [0.15, 0.2) is 42.7 Å². The molecule has 5 atom stereocenters. The molecule has 1 aliphatic heterocycles. The van der Waals surface area contributed by atoms with Crippen LogP contribution in [0.3, 0.4) is 0 Å². The second-order valence-electron chi connectivity index (χ2n) is 11.9. The first-order valence-corrected chi connectivity index (χ1v) is 13.2. The highest BCUT2D eigenvalue weighted by molar-refractivity contribution is 5.94. The summed E-state index contributed by atoms with van der Waals surface area (Å²) in [5, 5.41) is 10.5. The van der Waals surface area contributed by atoms with E-state index in [1.54, 1.807) is 12.4 Å². The van der Waals surface area contributed by atoms with Crippen molar-refractivity contribution < 1.29 is 9.90 Å². The van der Waals surface area contributed by atoms with Crippen molar-refractivity contribution in [3.05, 3.63) is 59.4 Å². The fourth-order valence-electron chi connectivity index (χ4n) is 8.82. The first kappa shape index (κ1) is 20.9. The van der Waals surface area contributed by atoms with E-state index in [9.17, 15) is 9.90 Å². The number of aromatic nitrogens is 1. The summed E-state index contributed by atoms with van der Waals surface area (Å²) < 4.78 is 0. The lowest BCUT2D eigenvalue weighted by atomic mass is 9.44. The van der Waals surface area contributed by atoms with E-state index < -0.39 is 0 Å². The van der Waals surface area contributed by atoms with Gasteiger partial charge in [0.15, 0.2) is 0 Å². The molecule has 5 nitrogen and oxygen atoms in total. The van der Waals surface area contributed by atoms with Gasteiger partial charge in [-0.1, -0.05) is 6.07 Å². The van der Waals surface area contributed by atoms with Crippen LogP contribution in [-0.4, -0.2) is 58.0 Å². The second-order valence-corrected chi connectivity index (χ2v) is 11.9. The van der Waals surface area contributed by atoms with Crippen LogP contribution in [0.1, 0.15) is 66.4 Å². The Morgan fingerprint density at radius 1 is 1.21 bits per heavy atom. The lowest BCUT2D eigenvalue weighted by Crippen LogP contribution is -2.70. The Morgan fingerprint density at radius 2 is 2.09 bits per heavy atom. The molecule has 2 aromatic rings. The number of benzene rings is 1. The Kier molecular flexibility index (Phi) is 4.49. The van der Waals surface area contributed by atoms with Crippen molar-refractivity contribution in [2.45, 2.75) is 68.9 Å². The lowest BCUT2D eigenvalue weighted by molar-refractivity contribution is -0.137. The SMILES string of the molecule is CN(C(=O)c1cccnc1)[C@H]1CC23CCN(CC4CC4)C4CCC1CC42Cc1ccc(O)cc13. The maximum Gasteiger partial charge on any atom is 0.255 e. The molecule has 1 aromatic carbocycles. The molecule has 34 heavy (non-hydrogen) atoms. The van der Waals surface area contributed by atoms with Crippen LogP contribution >= 0.6 is 0 Å². The monoisotopic (exact) mass is 457 g/mol. The number of piperidine rings is 1. The first-order valence-electron chi connectivity index (χ1n) is 13.2. The van der Waals surface area contributed by atoms with Crippen LogP contribution in [0, 0.1) is 17.3 Å². The van der Waals surface area contributed by atoms with Gasteiger partial charge in [0.05, 0.1) is 5.56 Å². The molecule has 1 aromatic heterocycles. The summed E-state index contributed by atoms with van der Waals surface area (Å²) in [4.78, 5) is 22.6. The van der Waals surface area contributed by atoms with Crippen molar-refractivity contribution in [1.29, 1.82) is 0 Å². The number of phenolic OH excluding ortho intramolecular Hbond substituents is 1. The molecule has 2 heterocycles. The highest BCUT2D eigenvalue weighted by Gasteiger charge is 2.69. The number of fused-ring (bicyclic) bond motifs is 2. The number of rotatable bonds is 4.